The summed E-state index contributed by atoms with van der Waals surface area (Å²) in [6, 6.07) is -5.99. The first-order chi connectivity index (χ1) is 15.1. The van der Waals surface area contributed by atoms with Gasteiger partial charge < -0.3 is 42.7 Å². The standard InChI is InChI=1S/C18H29N5O10/c1-7(2)14(17(31)21-9(18(32)33)3-4-12(25)26)23-16(30)10(6-11(20)24)22-15(29)8(19)5-13(27)28/h7-10,14H,3-6,19H2,1-2H3,(H2,20,24)(H,21,31)(H,22,29)(H,23,30)(H,25,26)(H,27,28)(H,32,33). The number of carbonyl (C=O) groups excluding carboxylic acids is 4. The Hall–Kier alpha value is -3.75. The molecule has 0 aromatic carbocycles. The fourth-order valence-corrected chi connectivity index (χ4v) is 2.55. The van der Waals surface area contributed by atoms with Crippen LogP contribution in [0, 0.1) is 5.92 Å². The number of primary amides is 1. The van der Waals surface area contributed by atoms with E-state index in [1.807, 2.05) is 0 Å². The minimum atomic E-state index is -1.59. The van der Waals surface area contributed by atoms with Gasteiger partial charge in [0.2, 0.25) is 23.6 Å². The van der Waals surface area contributed by atoms with Crippen molar-refractivity contribution in [3.63, 3.8) is 0 Å². The van der Waals surface area contributed by atoms with Crippen LogP contribution in [0.5, 0.6) is 0 Å². The van der Waals surface area contributed by atoms with Gasteiger partial charge in [0.15, 0.2) is 0 Å². The molecular weight excluding hydrogens is 446 g/mol. The molecule has 33 heavy (non-hydrogen) atoms. The van der Waals surface area contributed by atoms with Gasteiger partial charge in [-0.3, -0.25) is 28.8 Å². The van der Waals surface area contributed by atoms with E-state index in [9.17, 15) is 38.7 Å². The van der Waals surface area contributed by atoms with Gasteiger partial charge in [-0.25, -0.2) is 4.79 Å². The zero-order valence-electron chi connectivity index (χ0n) is 18.1. The quantitative estimate of drug-likeness (QED) is 0.116. The van der Waals surface area contributed by atoms with Crippen LogP contribution in [0.15, 0.2) is 0 Å². The van der Waals surface area contributed by atoms with Crippen LogP contribution in [0.4, 0.5) is 0 Å². The first-order valence-corrected chi connectivity index (χ1v) is 9.77. The van der Waals surface area contributed by atoms with Crippen LogP contribution in [-0.4, -0.2) is 81.0 Å². The van der Waals surface area contributed by atoms with E-state index in [0.29, 0.717) is 0 Å². The molecular formula is C18H29N5O10. The molecule has 4 unspecified atom stereocenters. The number of nitrogens with one attached hydrogen (secondary N) is 3. The molecule has 0 fully saturated rings. The molecule has 0 heterocycles. The third-order valence-corrected chi connectivity index (χ3v) is 4.28. The molecule has 0 aromatic heterocycles. The average molecular weight is 475 g/mol. The minimum absolute atomic E-state index is 0.406. The van der Waals surface area contributed by atoms with Gasteiger partial charge in [-0.1, -0.05) is 13.8 Å². The van der Waals surface area contributed by atoms with Crippen molar-refractivity contribution in [2.45, 2.75) is 63.7 Å². The van der Waals surface area contributed by atoms with Crippen molar-refractivity contribution in [2.75, 3.05) is 0 Å². The second-order valence-electron chi connectivity index (χ2n) is 7.50. The van der Waals surface area contributed by atoms with Gasteiger partial charge in [0.1, 0.15) is 18.1 Å². The van der Waals surface area contributed by atoms with Crippen molar-refractivity contribution in [3.8, 4) is 0 Å². The number of nitrogens with two attached hydrogens (primary N) is 2. The molecule has 0 aliphatic heterocycles. The van der Waals surface area contributed by atoms with Crippen LogP contribution in [0.3, 0.4) is 0 Å². The molecule has 10 N–H and O–H groups in total. The van der Waals surface area contributed by atoms with Crippen molar-refractivity contribution in [2.24, 2.45) is 17.4 Å². The fraction of sp³-hybridized carbons (Fsp3) is 0.611. The van der Waals surface area contributed by atoms with Crippen molar-refractivity contribution in [3.05, 3.63) is 0 Å². The second-order valence-corrected chi connectivity index (χ2v) is 7.50. The Kier molecular flexibility index (Phi) is 12.1. The first-order valence-electron chi connectivity index (χ1n) is 9.77. The maximum absolute atomic E-state index is 12.6. The third kappa shape index (κ3) is 11.4. The highest BCUT2D eigenvalue weighted by Gasteiger charge is 2.32. The van der Waals surface area contributed by atoms with Crippen LogP contribution >= 0.6 is 0 Å². The van der Waals surface area contributed by atoms with Crippen molar-refractivity contribution >= 4 is 41.5 Å². The molecule has 0 aliphatic carbocycles. The number of carboxylic acids is 3. The Morgan fingerprint density at radius 3 is 1.73 bits per heavy atom. The lowest BCUT2D eigenvalue weighted by Crippen LogP contribution is -2.59. The SMILES string of the molecule is CC(C)C(NC(=O)C(CC(N)=O)NC(=O)C(N)CC(=O)O)C(=O)NC(CCC(=O)O)C(=O)O. The fourth-order valence-electron chi connectivity index (χ4n) is 2.55. The van der Waals surface area contributed by atoms with Crippen molar-refractivity contribution in [1.29, 1.82) is 0 Å². The zero-order valence-corrected chi connectivity index (χ0v) is 18.1. The smallest absolute Gasteiger partial charge is 0.326 e. The molecule has 4 amide bonds. The number of hydrogen-bond donors (Lipinski definition) is 8. The van der Waals surface area contributed by atoms with E-state index < -0.39 is 97.3 Å². The molecule has 15 nitrogen and oxygen atoms in total. The van der Waals surface area contributed by atoms with Gasteiger partial charge in [0.25, 0.3) is 0 Å². The van der Waals surface area contributed by atoms with Crippen LogP contribution in [0.2, 0.25) is 0 Å². The maximum Gasteiger partial charge on any atom is 0.326 e. The molecule has 0 aromatic rings. The summed E-state index contributed by atoms with van der Waals surface area (Å²) in [7, 11) is 0. The molecule has 15 heteroatoms. The van der Waals surface area contributed by atoms with E-state index in [4.69, 9.17) is 21.7 Å². The number of rotatable bonds is 15. The Bertz CT molecular complexity index is 785. The highest BCUT2D eigenvalue weighted by atomic mass is 16.4. The van der Waals surface area contributed by atoms with Gasteiger partial charge in [0.05, 0.1) is 18.9 Å². The Balaban J connectivity index is 5.45. The lowest BCUT2D eigenvalue weighted by Gasteiger charge is -2.26. The molecule has 0 saturated carbocycles. The second kappa shape index (κ2) is 13.6. The van der Waals surface area contributed by atoms with E-state index >= 15 is 0 Å². The summed E-state index contributed by atoms with van der Waals surface area (Å²) >= 11 is 0. The van der Waals surface area contributed by atoms with Crippen molar-refractivity contribution < 1.29 is 48.9 Å². The van der Waals surface area contributed by atoms with E-state index in [0.717, 1.165) is 0 Å². The highest BCUT2D eigenvalue weighted by Crippen LogP contribution is 2.06. The van der Waals surface area contributed by atoms with Gasteiger partial charge in [-0.15, -0.1) is 0 Å². The minimum Gasteiger partial charge on any atom is -0.481 e. The van der Waals surface area contributed by atoms with Gasteiger partial charge in [0, 0.05) is 6.42 Å². The van der Waals surface area contributed by atoms with E-state index in [1.165, 1.54) is 13.8 Å². The van der Waals surface area contributed by atoms with Gasteiger partial charge in [-0.2, -0.15) is 0 Å². The zero-order chi connectivity index (χ0) is 25.9. The van der Waals surface area contributed by atoms with E-state index in [-0.39, 0.29) is 0 Å². The third-order valence-electron chi connectivity index (χ3n) is 4.28. The van der Waals surface area contributed by atoms with Crippen LogP contribution in [0.25, 0.3) is 0 Å². The summed E-state index contributed by atoms with van der Waals surface area (Å²) in [6.07, 6.45) is -2.38. The summed E-state index contributed by atoms with van der Waals surface area (Å²) in [5.74, 6) is -8.74. The molecule has 0 spiro atoms. The molecule has 0 radical (unpaired) electrons. The monoisotopic (exact) mass is 475 g/mol. The first kappa shape index (κ1) is 29.2. The Labute approximate surface area is 188 Å². The largest absolute Gasteiger partial charge is 0.481 e. The lowest BCUT2D eigenvalue weighted by molar-refractivity contribution is -0.144. The van der Waals surface area contributed by atoms with Crippen LogP contribution in [0.1, 0.15) is 39.5 Å². The van der Waals surface area contributed by atoms with Gasteiger partial charge >= 0.3 is 17.9 Å². The molecule has 186 valence electrons. The summed E-state index contributed by atoms with van der Waals surface area (Å²) in [6.45, 7) is 3.03. The molecule has 0 saturated heterocycles. The molecule has 0 aliphatic rings. The molecule has 0 rings (SSSR count). The van der Waals surface area contributed by atoms with E-state index in [2.05, 4.69) is 16.0 Å². The topological polar surface area (TPSA) is 268 Å². The number of carbonyl (C=O) groups is 7. The predicted octanol–water partition coefficient (Wildman–Crippen LogP) is -3.28. The molecule has 0 bridgehead atoms. The molecule has 4 atom stereocenters. The van der Waals surface area contributed by atoms with Crippen LogP contribution in [-0.2, 0) is 33.6 Å². The lowest BCUT2D eigenvalue weighted by atomic mass is 10.0. The van der Waals surface area contributed by atoms with E-state index in [1.54, 1.807) is 0 Å². The normalized spacial score (nSPS) is 14.3. The van der Waals surface area contributed by atoms with Crippen LogP contribution < -0.4 is 27.4 Å². The number of amides is 4. The summed E-state index contributed by atoms with van der Waals surface area (Å²) in [5.41, 5.74) is 10.5. The Morgan fingerprint density at radius 2 is 1.30 bits per heavy atom. The Morgan fingerprint density at radius 1 is 0.758 bits per heavy atom. The number of hydrogen-bond acceptors (Lipinski definition) is 8. The average Bonchev–Trinajstić information content (AvgIpc) is 2.66. The van der Waals surface area contributed by atoms with Gasteiger partial charge in [-0.05, 0) is 12.3 Å². The van der Waals surface area contributed by atoms with Crippen molar-refractivity contribution in [1.82, 2.24) is 16.0 Å². The summed E-state index contributed by atoms with van der Waals surface area (Å²) in [4.78, 5) is 81.3. The predicted molar refractivity (Wildman–Crippen MR) is 109 cm³/mol. The summed E-state index contributed by atoms with van der Waals surface area (Å²) in [5, 5.41) is 33.1. The highest BCUT2D eigenvalue weighted by molar-refractivity contribution is 5.96. The number of aliphatic carboxylic acids is 3. The summed E-state index contributed by atoms with van der Waals surface area (Å²) < 4.78 is 0. The number of carboxylic acid groups (broad SMARTS) is 3. The maximum atomic E-state index is 12.6.